The van der Waals surface area contributed by atoms with Crippen LogP contribution in [-0.2, 0) is 25.2 Å². The maximum absolute atomic E-state index is 12.6. The molecule has 30 heavy (non-hydrogen) atoms. The second kappa shape index (κ2) is 10.0. The van der Waals surface area contributed by atoms with E-state index in [4.69, 9.17) is 5.26 Å². The normalized spacial score (nSPS) is 11.2. The first kappa shape index (κ1) is 23.1. The first-order valence-corrected chi connectivity index (χ1v) is 8.74. The molecular weight excluding hydrogens is 407 g/mol. The summed E-state index contributed by atoms with van der Waals surface area (Å²) in [4.78, 5) is 3.75. The molecule has 0 spiro atoms. The molecular formula is C20H16BF6N3. The summed E-state index contributed by atoms with van der Waals surface area (Å²) in [7, 11) is 0.329. The zero-order valence-corrected chi connectivity index (χ0v) is 15.6. The van der Waals surface area contributed by atoms with Crippen LogP contribution in [0.5, 0.6) is 0 Å². The SMILES string of the molecule is FC(F)(F)c1ccc(CBc2cccc(C(F)(F)F)c2)cc1.N#CCn1ccnc1. The van der Waals surface area contributed by atoms with Crippen molar-refractivity contribution < 1.29 is 26.3 Å². The number of nitrogens with zero attached hydrogens (tertiary/aromatic N) is 3. The molecule has 3 rings (SSSR count). The first-order valence-electron chi connectivity index (χ1n) is 8.74. The van der Waals surface area contributed by atoms with Gasteiger partial charge in [-0.15, -0.1) is 0 Å². The van der Waals surface area contributed by atoms with E-state index in [-0.39, 0.29) is 0 Å². The van der Waals surface area contributed by atoms with Crippen LogP contribution in [0.25, 0.3) is 0 Å². The van der Waals surface area contributed by atoms with Gasteiger partial charge in [0.2, 0.25) is 0 Å². The van der Waals surface area contributed by atoms with Crippen molar-refractivity contribution in [1.82, 2.24) is 9.55 Å². The predicted octanol–water partition coefficient (Wildman–Crippen LogP) is 4.39. The average Bonchev–Trinajstić information content (AvgIpc) is 3.20. The molecule has 0 N–H and O–H groups in total. The van der Waals surface area contributed by atoms with Gasteiger partial charge in [-0.3, -0.25) is 0 Å². The number of imidazole rings is 1. The van der Waals surface area contributed by atoms with Gasteiger partial charge in [-0.25, -0.2) is 4.98 Å². The van der Waals surface area contributed by atoms with E-state index < -0.39 is 23.5 Å². The van der Waals surface area contributed by atoms with Crippen molar-refractivity contribution in [1.29, 1.82) is 5.26 Å². The van der Waals surface area contributed by atoms with E-state index in [0.717, 1.165) is 24.3 Å². The summed E-state index contributed by atoms with van der Waals surface area (Å²) in [6, 6.07) is 11.6. The predicted molar refractivity (Wildman–Crippen MR) is 101 cm³/mol. The van der Waals surface area contributed by atoms with E-state index in [2.05, 4.69) is 4.98 Å². The van der Waals surface area contributed by atoms with Crippen LogP contribution in [0.3, 0.4) is 0 Å². The molecule has 0 unspecified atom stereocenters. The van der Waals surface area contributed by atoms with Crippen molar-refractivity contribution in [2.45, 2.75) is 25.2 Å². The fourth-order valence-electron chi connectivity index (χ4n) is 2.51. The number of halogens is 6. The number of hydrogen-bond donors (Lipinski definition) is 0. The molecule has 0 saturated carbocycles. The van der Waals surface area contributed by atoms with Gasteiger partial charge in [-0.05, 0) is 18.5 Å². The molecule has 0 amide bonds. The van der Waals surface area contributed by atoms with Crippen molar-refractivity contribution >= 4 is 12.7 Å². The zero-order chi connectivity index (χ0) is 22.2. The minimum absolute atomic E-state index is 0.329. The molecule has 0 aliphatic carbocycles. The van der Waals surface area contributed by atoms with Crippen molar-refractivity contribution in [3.63, 3.8) is 0 Å². The number of aromatic nitrogens is 2. The minimum Gasteiger partial charge on any atom is -0.324 e. The Labute approximate surface area is 169 Å². The second-order valence-electron chi connectivity index (χ2n) is 6.29. The van der Waals surface area contributed by atoms with E-state index >= 15 is 0 Å². The third-order valence-corrected chi connectivity index (χ3v) is 4.05. The molecule has 2 aromatic carbocycles. The van der Waals surface area contributed by atoms with Gasteiger partial charge in [-0.1, -0.05) is 47.4 Å². The van der Waals surface area contributed by atoms with E-state index in [1.54, 1.807) is 29.4 Å². The van der Waals surface area contributed by atoms with Gasteiger partial charge in [-0.2, -0.15) is 31.6 Å². The van der Waals surface area contributed by atoms with Crippen molar-refractivity contribution in [3.05, 3.63) is 83.9 Å². The molecule has 10 heteroatoms. The second-order valence-corrected chi connectivity index (χ2v) is 6.29. The lowest BCUT2D eigenvalue weighted by atomic mass is 9.65. The molecule has 3 aromatic rings. The Morgan fingerprint density at radius 3 is 2.13 bits per heavy atom. The van der Waals surface area contributed by atoms with Gasteiger partial charge in [0.05, 0.1) is 23.5 Å². The molecule has 0 fully saturated rings. The lowest BCUT2D eigenvalue weighted by molar-refractivity contribution is -0.138. The Bertz CT molecular complexity index is 958. The van der Waals surface area contributed by atoms with E-state index in [1.807, 2.05) is 6.07 Å². The highest BCUT2D eigenvalue weighted by atomic mass is 19.4. The Morgan fingerprint density at radius 2 is 1.60 bits per heavy atom. The summed E-state index contributed by atoms with van der Waals surface area (Å²) in [5, 5.41) is 8.14. The number of hydrogen-bond acceptors (Lipinski definition) is 2. The third-order valence-electron chi connectivity index (χ3n) is 4.05. The highest BCUT2D eigenvalue weighted by Gasteiger charge is 2.31. The number of benzene rings is 2. The van der Waals surface area contributed by atoms with Crippen LogP contribution in [0.2, 0.25) is 0 Å². The maximum atomic E-state index is 12.6. The Morgan fingerprint density at radius 1 is 0.933 bits per heavy atom. The molecule has 3 nitrogen and oxygen atoms in total. The lowest BCUT2D eigenvalue weighted by Crippen LogP contribution is -2.19. The highest BCUT2D eigenvalue weighted by molar-refractivity contribution is 6.52. The standard InChI is InChI=1S/C15H11BF6.C5H5N3/c17-14(18,19)11-6-4-10(5-7-11)9-16-13-3-1-2-12(8-13)15(20,21)22;6-1-3-8-4-2-7-5-8/h1-8,16H,9H2;2,4-5H,3H2. The van der Waals surface area contributed by atoms with E-state index in [0.29, 0.717) is 31.2 Å². The van der Waals surface area contributed by atoms with Gasteiger partial charge in [0.25, 0.3) is 0 Å². The summed E-state index contributed by atoms with van der Waals surface area (Å²) in [5.74, 6) is 0. The topological polar surface area (TPSA) is 41.6 Å². The Kier molecular flexibility index (Phi) is 7.69. The molecule has 156 valence electrons. The molecule has 1 aromatic heterocycles. The molecule has 0 aliphatic rings. The largest absolute Gasteiger partial charge is 0.416 e. The Balaban J connectivity index is 0.000000335. The van der Waals surface area contributed by atoms with E-state index in [9.17, 15) is 26.3 Å². The van der Waals surface area contributed by atoms with Gasteiger partial charge in [0, 0.05) is 12.4 Å². The number of rotatable bonds is 4. The van der Waals surface area contributed by atoms with Crippen molar-refractivity contribution in [2.75, 3.05) is 0 Å². The summed E-state index contributed by atoms with van der Waals surface area (Å²) in [6.45, 7) is 0.389. The molecule has 0 saturated heterocycles. The van der Waals surface area contributed by atoms with Crippen LogP contribution in [0.4, 0.5) is 26.3 Å². The average molecular weight is 423 g/mol. The third kappa shape index (κ3) is 7.31. The van der Waals surface area contributed by atoms with Gasteiger partial charge in [0.1, 0.15) is 6.54 Å². The number of alkyl halides is 6. The van der Waals surface area contributed by atoms with Gasteiger partial charge in [0.15, 0.2) is 7.28 Å². The first-order chi connectivity index (χ1) is 14.1. The van der Waals surface area contributed by atoms with Crippen molar-refractivity contribution in [3.8, 4) is 6.07 Å². The summed E-state index contributed by atoms with van der Waals surface area (Å²) < 4.78 is 76.7. The summed E-state index contributed by atoms with van der Waals surface area (Å²) >= 11 is 0. The minimum atomic E-state index is -4.40. The van der Waals surface area contributed by atoms with Crippen LogP contribution in [0.15, 0.2) is 67.3 Å². The van der Waals surface area contributed by atoms with Gasteiger partial charge < -0.3 is 4.57 Å². The van der Waals surface area contributed by atoms with Crippen LogP contribution >= 0.6 is 0 Å². The summed E-state index contributed by atoms with van der Waals surface area (Å²) in [5.41, 5.74) is -0.326. The maximum Gasteiger partial charge on any atom is 0.416 e. The quantitative estimate of drug-likeness (QED) is 0.462. The fourth-order valence-corrected chi connectivity index (χ4v) is 2.51. The molecule has 0 radical (unpaired) electrons. The number of nitriles is 1. The molecule has 0 bridgehead atoms. The molecule has 0 atom stereocenters. The fraction of sp³-hybridized carbons (Fsp3) is 0.200. The summed E-state index contributed by atoms with van der Waals surface area (Å²) in [6.07, 6.45) is -3.40. The monoisotopic (exact) mass is 423 g/mol. The van der Waals surface area contributed by atoms with Crippen molar-refractivity contribution in [2.24, 2.45) is 0 Å². The molecule has 0 aliphatic heterocycles. The van der Waals surface area contributed by atoms with Gasteiger partial charge >= 0.3 is 12.4 Å². The van der Waals surface area contributed by atoms with Crippen LogP contribution in [0, 0.1) is 11.3 Å². The smallest absolute Gasteiger partial charge is 0.324 e. The van der Waals surface area contributed by atoms with Crippen LogP contribution < -0.4 is 5.46 Å². The lowest BCUT2D eigenvalue weighted by Gasteiger charge is -2.09. The zero-order valence-electron chi connectivity index (χ0n) is 15.6. The molecule has 1 heterocycles. The van der Waals surface area contributed by atoms with Crippen LogP contribution in [0.1, 0.15) is 16.7 Å². The van der Waals surface area contributed by atoms with E-state index in [1.165, 1.54) is 18.2 Å². The Hall–Kier alpha value is -3.22. The highest BCUT2D eigenvalue weighted by Crippen LogP contribution is 2.29. The van der Waals surface area contributed by atoms with Crippen LogP contribution in [-0.4, -0.2) is 16.8 Å².